The summed E-state index contributed by atoms with van der Waals surface area (Å²) in [5.74, 6) is -0.338. The number of anilines is 1. The number of nitrogen functional groups attached to an aromatic ring is 1. The summed E-state index contributed by atoms with van der Waals surface area (Å²) in [5.41, 5.74) is 5.89. The van der Waals surface area contributed by atoms with Crippen LogP contribution in [0.2, 0.25) is 0 Å². The second-order valence-corrected chi connectivity index (χ2v) is 3.56. The molecule has 0 saturated carbocycles. The Morgan fingerprint density at radius 3 is 2.41 bits per heavy atom. The van der Waals surface area contributed by atoms with Crippen LogP contribution in [0, 0.1) is 11.6 Å². The summed E-state index contributed by atoms with van der Waals surface area (Å²) >= 11 is 0. The predicted molar refractivity (Wildman–Crippen MR) is 61.5 cm³/mol. The van der Waals surface area contributed by atoms with Gasteiger partial charge < -0.3 is 10.5 Å². The first-order valence-electron chi connectivity index (χ1n) is 5.08. The molecule has 0 fully saturated rings. The van der Waals surface area contributed by atoms with Gasteiger partial charge in [-0.05, 0) is 30.3 Å². The third-order valence-electron chi connectivity index (χ3n) is 2.32. The fraction of sp³-hybridized carbons (Fsp3) is 0.0769. The number of hydrogen-bond acceptors (Lipinski definition) is 2. The van der Waals surface area contributed by atoms with E-state index in [0.29, 0.717) is 11.3 Å². The lowest BCUT2D eigenvalue weighted by atomic mass is 10.2. The average molecular weight is 235 g/mol. The van der Waals surface area contributed by atoms with Gasteiger partial charge in [-0.2, -0.15) is 0 Å². The van der Waals surface area contributed by atoms with Crippen molar-refractivity contribution in [3.05, 3.63) is 59.7 Å². The first-order valence-corrected chi connectivity index (χ1v) is 5.08. The highest BCUT2D eigenvalue weighted by Gasteiger charge is 2.05. The standard InChI is InChI=1S/C13H11F2NO/c14-10-4-6-11(7-5-10)17-8-9-2-1-3-12(16)13(9)15/h1-7H,8,16H2. The van der Waals surface area contributed by atoms with E-state index in [1.54, 1.807) is 12.1 Å². The smallest absolute Gasteiger partial charge is 0.152 e. The molecule has 2 nitrogen and oxygen atoms in total. The van der Waals surface area contributed by atoms with Gasteiger partial charge in [0.15, 0.2) is 5.82 Å². The molecular formula is C13H11F2NO. The molecule has 2 aromatic rings. The molecule has 17 heavy (non-hydrogen) atoms. The normalized spacial score (nSPS) is 10.2. The number of ether oxygens (including phenoxy) is 1. The number of nitrogens with two attached hydrogens (primary N) is 1. The Balaban J connectivity index is 2.07. The number of benzene rings is 2. The maximum Gasteiger partial charge on any atom is 0.152 e. The fourth-order valence-electron chi connectivity index (χ4n) is 1.40. The molecule has 0 bridgehead atoms. The molecule has 0 radical (unpaired) electrons. The van der Waals surface area contributed by atoms with Crippen LogP contribution >= 0.6 is 0 Å². The van der Waals surface area contributed by atoms with Gasteiger partial charge >= 0.3 is 0 Å². The Labute approximate surface area is 97.6 Å². The molecule has 0 heterocycles. The zero-order valence-corrected chi connectivity index (χ0v) is 8.99. The molecule has 0 saturated heterocycles. The van der Waals surface area contributed by atoms with Crippen LogP contribution in [0.3, 0.4) is 0 Å². The van der Waals surface area contributed by atoms with Crippen LogP contribution in [0.1, 0.15) is 5.56 Å². The molecule has 4 heteroatoms. The Hall–Kier alpha value is -2.10. The molecule has 88 valence electrons. The van der Waals surface area contributed by atoms with E-state index < -0.39 is 5.82 Å². The maximum absolute atomic E-state index is 13.5. The van der Waals surface area contributed by atoms with Crippen molar-refractivity contribution in [1.82, 2.24) is 0 Å². The lowest BCUT2D eigenvalue weighted by Crippen LogP contribution is -2.01. The summed E-state index contributed by atoms with van der Waals surface area (Å²) < 4.78 is 31.5. The summed E-state index contributed by atoms with van der Waals surface area (Å²) in [6.45, 7) is 0.0580. The molecule has 0 aliphatic rings. The fourth-order valence-corrected chi connectivity index (χ4v) is 1.40. The second kappa shape index (κ2) is 4.82. The summed E-state index contributed by atoms with van der Waals surface area (Å²) in [4.78, 5) is 0. The van der Waals surface area contributed by atoms with E-state index in [0.717, 1.165) is 0 Å². The highest BCUT2D eigenvalue weighted by molar-refractivity contribution is 5.42. The van der Waals surface area contributed by atoms with E-state index >= 15 is 0 Å². The van der Waals surface area contributed by atoms with Gasteiger partial charge in [-0.3, -0.25) is 0 Å². The van der Waals surface area contributed by atoms with Crippen LogP contribution in [0.5, 0.6) is 5.75 Å². The van der Waals surface area contributed by atoms with Gasteiger partial charge in [0.2, 0.25) is 0 Å². The minimum atomic E-state index is -0.477. The molecule has 0 aliphatic heterocycles. The predicted octanol–water partition coefficient (Wildman–Crippen LogP) is 3.13. The van der Waals surface area contributed by atoms with Gasteiger partial charge in [0, 0.05) is 5.56 Å². The molecule has 2 rings (SSSR count). The van der Waals surface area contributed by atoms with Crippen molar-refractivity contribution in [2.75, 3.05) is 5.73 Å². The van der Waals surface area contributed by atoms with Crippen molar-refractivity contribution in [3.63, 3.8) is 0 Å². The molecular weight excluding hydrogens is 224 g/mol. The van der Waals surface area contributed by atoms with Crippen molar-refractivity contribution in [2.24, 2.45) is 0 Å². The van der Waals surface area contributed by atoms with Gasteiger partial charge in [0.05, 0.1) is 5.69 Å². The van der Waals surface area contributed by atoms with Gasteiger partial charge in [-0.1, -0.05) is 12.1 Å². The van der Waals surface area contributed by atoms with E-state index in [2.05, 4.69) is 0 Å². The molecule has 2 aromatic carbocycles. The summed E-state index contributed by atoms with van der Waals surface area (Å²) in [5, 5.41) is 0. The van der Waals surface area contributed by atoms with E-state index in [9.17, 15) is 8.78 Å². The molecule has 0 unspecified atom stereocenters. The molecule has 0 aliphatic carbocycles. The Morgan fingerprint density at radius 2 is 1.71 bits per heavy atom. The Kier molecular flexibility index (Phi) is 3.23. The lowest BCUT2D eigenvalue weighted by Gasteiger charge is -2.08. The topological polar surface area (TPSA) is 35.2 Å². The Bertz CT molecular complexity index is 511. The number of rotatable bonds is 3. The first-order chi connectivity index (χ1) is 8.16. The van der Waals surface area contributed by atoms with Crippen molar-refractivity contribution in [2.45, 2.75) is 6.61 Å². The highest BCUT2D eigenvalue weighted by Crippen LogP contribution is 2.18. The molecule has 0 aromatic heterocycles. The van der Waals surface area contributed by atoms with Gasteiger partial charge in [-0.25, -0.2) is 8.78 Å². The summed E-state index contributed by atoms with van der Waals surface area (Å²) in [6, 6.07) is 10.3. The zero-order chi connectivity index (χ0) is 12.3. The first kappa shape index (κ1) is 11.4. The van der Waals surface area contributed by atoms with Crippen LogP contribution in [-0.4, -0.2) is 0 Å². The van der Waals surface area contributed by atoms with E-state index in [1.165, 1.54) is 30.3 Å². The van der Waals surface area contributed by atoms with Gasteiger partial charge in [0.1, 0.15) is 18.2 Å². The summed E-state index contributed by atoms with van der Waals surface area (Å²) in [6.07, 6.45) is 0. The summed E-state index contributed by atoms with van der Waals surface area (Å²) in [7, 11) is 0. The third kappa shape index (κ3) is 2.72. The van der Waals surface area contributed by atoms with Gasteiger partial charge in [0.25, 0.3) is 0 Å². The van der Waals surface area contributed by atoms with E-state index in [-0.39, 0.29) is 18.1 Å². The number of halogens is 2. The molecule has 2 N–H and O–H groups in total. The molecule has 0 spiro atoms. The average Bonchev–Trinajstić information content (AvgIpc) is 2.33. The third-order valence-corrected chi connectivity index (χ3v) is 2.32. The van der Waals surface area contributed by atoms with Crippen molar-refractivity contribution in [1.29, 1.82) is 0 Å². The van der Waals surface area contributed by atoms with Crippen LogP contribution in [0.25, 0.3) is 0 Å². The van der Waals surface area contributed by atoms with E-state index in [4.69, 9.17) is 10.5 Å². The second-order valence-electron chi connectivity index (χ2n) is 3.56. The molecule has 0 amide bonds. The Morgan fingerprint density at radius 1 is 1.00 bits per heavy atom. The zero-order valence-electron chi connectivity index (χ0n) is 8.99. The van der Waals surface area contributed by atoms with Crippen molar-refractivity contribution in [3.8, 4) is 5.75 Å². The minimum absolute atomic E-state index is 0.0580. The lowest BCUT2D eigenvalue weighted by molar-refractivity contribution is 0.299. The van der Waals surface area contributed by atoms with Crippen LogP contribution in [0.4, 0.5) is 14.5 Å². The maximum atomic E-state index is 13.5. The quantitative estimate of drug-likeness (QED) is 0.829. The van der Waals surface area contributed by atoms with Crippen LogP contribution < -0.4 is 10.5 Å². The number of hydrogen-bond donors (Lipinski definition) is 1. The highest BCUT2D eigenvalue weighted by atomic mass is 19.1. The van der Waals surface area contributed by atoms with E-state index in [1.807, 2.05) is 0 Å². The van der Waals surface area contributed by atoms with Crippen LogP contribution in [-0.2, 0) is 6.61 Å². The van der Waals surface area contributed by atoms with Crippen molar-refractivity contribution >= 4 is 5.69 Å². The van der Waals surface area contributed by atoms with Crippen molar-refractivity contribution < 1.29 is 13.5 Å². The SMILES string of the molecule is Nc1cccc(COc2ccc(F)cc2)c1F. The monoisotopic (exact) mass is 235 g/mol. The molecule has 0 atom stereocenters. The van der Waals surface area contributed by atoms with Crippen LogP contribution in [0.15, 0.2) is 42.5 Å². The van der Waals surface area contributed by atoms with Gasteiger partial charge in [-0.15, -0.1) is 0 Å². The minimum Gasteiger partial charge on any atom is -0.489 e. The largest absolute Gasteiger partial charge is 0.489 e.